The summed E-state index contributed by atoms with van der Waals surface area (Å²) in [5, 5.41) is 1.36. The lowest BCUT2D eigenvalue weighted by atomic mass is 10.0. The number of para-hydroxylation sites is 1. The van der Waals surface area contributed by atoms with E-state index in [2.05, 4.69) is 85.1 Å². The molecule has 0 amide bonds. The first-order chi connectivity index (χ1) is 10.7. The Morgan fingerprint density at radius 1 is 0.909 bits per heavy atom. The van der Waals surface area contributed by atoms with Gasteiger partial charge in [0.05, 0.1) is 0 Å². The van der Waals surface area contributed by atoms with E-state index in [0.717, 1.165) is 19.5 Å². The van der Waals surface area contributed by atoms with E-state index in [1.54, 1.807) is 0 Å². The van der Waals surface area contributed by atoms with Crippen LogP contribution in [0.3, 0.4) is 0 Å². The van der Waals surface area contributed by atoms with Crippen LogP contribution in [0.15, 0.2) is 54.7 Å². The minimum Gasteiger partial charge on any atom is -0.372 e. The largest absolute Gasteiger partial charge is 0.372 e. The van der Waals surface area contributed by atoms with Crippen molar-refractivity contribution < 1.29 is 0 Å². The third kappa shape index (κ3) is 2.74. The highest BCUT2D eigenvalue weighted by atomic mass is 15.1. The SMILES string of the molecule is CCN(CC)c1ccc(Cc2cn(C)c3ccccc23)cc1. The van der Waals surface area contributed by atoms with Crippen molar-refractivity contribution in [2.24, 2.45) is 7.05 Å². The van der Waals surface area contributed by atoms with Crippen molar-refractivity contribution in [3.63, 3.8) is 0 Å². The molecule has 0 aliphatic heterocycles. The number of fused-ring (bicyclic) bond motifs is 1. The fourth-order valence-corrected chi connectivity index (χ4v) is 3.20. The fourth-order valence-electron chi connectivity index (χ4n) is 3.20. The van der Waals surface area contributed by atoms with Gasteiger partial charge in [0.1, 0.15) is 0 Å². The summed E-state index contributed by atoms with van der Waals surface area (Å²) in [6.45, 7) is 6.51. The number of hydrogen-bond donors (Lipinski definition) is 0. The molecule has 22 heavy (non-hydrogen) atoms. The van der Waals surface area contributed by atoms with Gasteiger partial charge in [-0.15, -0.1) is 0 Å². The molecule has 2 nitrogen and oxygen atoms in total. The van der Waals surface area contributed by atoms with Gasteiger partial charge >= 0.3 is 0 Å². The van der Waals surface area contributed by atoms with Crippen LogP contribution in [0.4, 0.5) is 5.69 Å². The number of rotatable bonds is 5. The average Bonchev–Trinajstić information content (AvgIpc) is 2.87. The van der Waals surface area contributed by atoms with Crippen molar-refractivity contribution in [1.29, 1.82) is 0 Å². The van der Waals surface area contributed by atoms with Gasteiger partial charge in [0.25, 0.3) is 0 Å². The van der Waals surface area contributed by atoms with Crippen LogP contribution in [-0.2, 0) is 13.5 Å². The molecule has 0 spiro atoms. The molecule has 0 N–H and O–H groups in total. The molecule has 0 saturated heterocycles. The van der Waals surface area contributed by atoms with Gasteiger partial charge < -0.3 is 9.47 Å². The summed E-state index contributed by atoms with van der Waals surface area (Å²) in [6.07, 6.45) is 3.24. The zero-order chi connectivity index (χ0) is 15.5. The highest BCUT2D eigenvalue weighted by Crippen LogP contribution is 2.24. The third-order valence-corrected chi connectivity index (χ3v) is 4.44. The summed E-state index contributed by atoms with van der Waals surface area (Å²) in [7, 11) is 2.12. The summed E-state index contributed by atoms with van der Waals surface area (Å²) in [6, 6.07) is 17.6. The summed E-state index contributed by atoms with van der Waals surface area (Å²) in [5.41, 5.74) is 5.38. The molecule has 0 aliphatic carbocycles. The highest BCUT2D eigenvalue weighted by molar-refractivity contribution is 5.84. The molecule has 1 heterocycles. The Bertz CT molecular complexity index is 749. The van der Waals surface area contributed by atoms with Crippen LogP contribution in [0.25, 0.3) is 10.9 Å². The standard InChI is InChI=1S/C20H24N2/c1-4-22(5-2)18-12-10-16(11-13-18)14-17-15-21(3)20-9-7-6-8-19(17)20/h6-13,15H,4-5,14H2,1-3H3. The lowest BCUT2D eigenvalue weighted by molar-refractivity contribution is 0.866. The van der Waals surface area contributed by atoms with Gasteiger partial charge in [0, 0.05) is 42.9 Å². The van der Waals surface area contributed by atoms with Crippen molar-refractivity contribution in [1.82, 2.24) is 4.57 Å². The molecule has 2 heteroatoms. The van der Waals surface area contributed by atoms with Gasteiger partial charge in [-0.1, -0.05) is 30.3 Å². The molecule has 0 bridgehead atoms. The first-order valence-electron chi connectivity index (χ1n) is 8.09. The summed E-state index contributed by atoms with van der Waals surface area (Å²) in [5.74, 6) is 0. The number of anilines is 1. The van der Waals surface area contributed by atoms with Crippen LogP contribution in [-0.4, -0.2) is 17.7 Å². The van der Waals surface area contributed by atoms with Crippen LogP contribution >= 0.6 is 0 Å². The summed E-state index contributed by atoms with van der Waals surface area (Å²) < 4.78 is 2.22. The Morgan fingerprint density at radius 2 is 1.59 bits per heavy atom. The molecule has 0 aliphatic rings. The Labute approximate surface area is 133 Å². The van der Waals surface area contributed by atoms with Crippen LogP contribution in [0.1, 0.15) is 25.0 Å². The van der Waals surface area contributed by atoms with Crippen molar-refractivity contribution >= 4 is 16.6 Å². The van der Waals surface area contributed by atoms with E-state index in [4.69, 9.17) is 0 Å². The number of hydrogen-bond acceptors (Lipinski definition) is 1. The normalized spacial score (nSPS) is 11.0. The molecule has 2 aromatic carbocycles. The zero-order valence-corrected chi connectivity index (χ0v) is 13.7. The van der Waals surface area contributed by atoms with Crippen LogP contribution in [0, 0.1) is 0 Å². The maximum atomic E-state index is 2.38. The monoisotopic (exact) mass is 292 g/mol. The number of aryl methyl sites for hydroxylation is 1. The lowest BCUT2D eigenvalue weighted by Gasteiger charge is -2.21. The first kappa shape index (κ1) is 14.7. The van der Waals surface area contributed by atoms with E-state index in [1.165, 1.54) is 27.7 Å². The summed E-state index contributed by atoms with van der Waals surface area (Å²) in [4.78, 5) is 2.38. The first-order valence-corrected chi connectivity index (χ1v) is 8.09. The molecular formula is C20H24N2. The molecule has 3 aromatic rings. The second-order valence-corrected chi connectivity index (χ2v) is 5.80. The van der Waals surface area contributed by atoms with E-state index in [1.807, 2.05) is 0 Å². The predicted octanol–water partition coefficient (Wildman–Crippen LogP) is 4.62. The molecule has 114 valence electrons. The van der Waals surface area contributed by atoms with E-state index in [-0.39, 0.29) is 0 Å². The maximum Gasteiger partial charge on any atom is 0.0480 e. The van der Waals surface area contributed by atoms with E-state index < -0.39 is 0 Å². The van der Waals surface area contributed by atoms with Crippen LogP contribution in [0.5, 0.6) is 0 Å². The second-order valence-electron chi connectivity index (χ2n) is 5.80. The zero-order valence-electron chi connectivity index (χ0n) is 13.7. The molecule has 0 saturated carbocycles. The molecule has 1 aromatic heterocycles. The van der Waals surface area contributed by atoms with Crippen molar-refractivity contribution in [3.05, 3.63) is 65.9 Å². The molecule has 0 unspecified atom stereocenters. The van der Waals surface area contributed by atoms with Crippen LogP contribution < -0.4 is 4.90 Å². The highest BCUT2D eigenvalue weighted by Gasteiger charge is 2.07. The van der Waals surface area contributed by atoms with Crippen LogP contribution in [0.2, 0.25) is 0 Å². The maximum absolute atomic E-state index is 2.38. The van der Waals surface area contributed by atoms with Gasteiger partial charge in [-0.2, -0.15) is 0 Å². The minimum absolute atomic E-state index is 0.986. The molecule has 0 atom stereocenters. The lowest BCUT2D eigenvalue weighted by Crippen LogP contribution is -2.21. The molecule has 0 fully saturated rings. The van der Waals surface area contributed by atoms with E-state index in [0.29, 0.717) is 0 Å². The quantitative estimate of drug-likeness (QED) is 0.666. The topological polar surface area (TPSA) is 8.17 Å². The number of benzene rings is 2. The molecule has 0 radical (unpaired) electrons. The number of nitrogens with zero attached hydrogens (tertiary/aromatic N) is 2. The average molecular weight is 292 g/mol. The number of aromatic nitrogens is 1. The Morgan fingerprint density at radius 3 is 2.27 bits per heavy atom. The van der Waals surface area contributed by atoms with Gasteiger partial charge in [-0.05, 0) is 49.6 Å². The Kier molecular flexibility index (Phi) is 4.19. The molecule has 3 rings (SSSR count). The second kappa shape index (κ2) is 6.27. The Hall–Kier alpha value is -2.22. The van der Waals surface area contributed by atoms with Gasteiger partial charge in [-0.3, -0.25) is 0 Å². The fraction of sp³-hybridized carbons (Fsp3) is 0.300. The molecular weight excluding hydrogens is 268 g/mol. The Balaban J connectivity index is 1.86. The predicted molar refractivity (Wildman–Crippen MR) is 95.7 cm³/mol. The van der Waals surface area contributed by atoms with Gasteiger partial charge in [0.2, 0.25) is 0 Å². The van der Waals surface area contributed by atoms with E-state index in [9.17, 15) is 0 Å². The van der Waals surface area contributed by atoms with Gasteiger partial charge in [-0.25, -0.2) is 0 Å². The smallest absolute Gasteiger partial charge is 0.0480 e. The summed E-state index contributed by atoms with van der Waals surface area (Å²) >= 11 is 0. The van der Waals surface area contributed by atoms with Crippen molar-refractivity contribution in [2.45, 2.75) is 20.3 Å². The van der Waals surface area contributed by atoms with E-state index >= 15 is 0 Å². The van der Waals surface area contributed by atoms with Gasteiger partial charge in [0.15, 0.2) is 0 Å². The van der Waals surface area contributed by atoms with Crippen molar-refractivity contribution in [2.75, 3.05) is 18.0 Å². The minimum atomic E-state index is 0.986. The third-order valence-electron chi connectivity index (χ3n) is 4.44. The van der Waals surface area contributed by atoms with Crippen molar-refractivity contribution in [3.8, 4) is 0 Å².